The zero-order chi connectivity index (χ0) is 11.6. The highest BCUT2D eigenvalue weighted by Gasteiger charge is 2.17. The highest BCUT2D eigenvalue weighted by atomic mass is 35.5. The summed E-state index contributed by atoms with van der Waals surface area (Å²) in [5.74, 6) is 0.572. The fourth-order valence-electron chi connectivity index (χ4n) is 1.29. The van der Waals surface area contributed by atoms with Gasteiger partial charge in [0.15, 0.2) is 0 Å². The minimum Gasteiger partial charge on any atom is -0.495 e. The van der Waals surface area contributed by atoms with Crippen LogP contribution in [0, 0.1) is 0 Å². The largest absolute Gasteiger partial charge is 0.495 e. The van der Waals surface area contributed by atoms with Gasteiger partial charge in [-0.05, 0) is 26.2 Å². The van der Waals surface area contributed by atoms with Gasteiger partial charge < -0.3 is 10.5 Å². The third-order valence-electron chi connectivity index (χ3n) is 2.12. The summed E-state index contributed by atoms with van der Waals surface area (Å²) in [6.07, 6.45) is -0.295. The van der Waals surface area contributed by atoms with Crippen LogP contribution in [0.3, 0.4) is 0 Å². The van der Waals surface area contributed by atoms with E-state index in [1.165, 1.54) is 0 Å². The minimum atomic E-state index is -0.295. The zero-order valence-corrected chi connectivity index (χ0v) is 10.4. The molecule has 5 heteroatoms. The number of ether oxygens (including phenoxy) is 1. The summed E-state index contributed by atoms with van der Waals surface area (Å²) in [5, 5.41) is 1.02. The van der Waals surface area contributed by atoms with E-state index < -0.39 is 0 Å². The number of methoxy groups -OCH3 is 1. The highest BCUT2D eigenvalue weighted by Crippen LogP contribution is 2.35. The van der Waals surface area contributed by atoms with Gasteiger partial charge in [0.05, 0.1) is 18.3 Å². The van der Waals surface area contributed by atoms with E-state index >= 15 is 0 Å². The summed E-state index contributed by atoms with van der Waals surface area (Å²) in [4.78, 5) is 1.85. The summed E-state index contributed by atoms with van der Waals surface area (Å²) in [6, 6.07) is 3.39. The Morgan fingerprint density at radius 2 is 1.93 bits per heavy atom. The van der Waals surface area contributed by atoms with Crippen LogP contribution in [0.2, 0.25) is 10.0 Å². The Bertz CT molecular complexity index is 356. The van der Waals surface area contributed by atoms with Crippen LogP contribution in [0.4, 0.5) is 0 Å². The molecular formula is C10H14Cl2N2O. The third-order valence-corrected chi connectivity index (χ3v) is 2.62. The first kappa shape index (κ1) is 12.6. The Morgan fingerprint density at radius 1 is 1.33 bits per heavy atom. The van der Waals surface area contributed by atoms with E-state index in [-0.39, 0.29) is 6.17 Å². The topological polar surface area (TPSA) is 38.5 Å². The molecular weight excluding hydrogens is 235 g/mol. The third kappa shape index (κ3) is 2.75. The second-order valence-corrected chi connectivity index (χ2v) is 4.26. The monoisotopic (exact) mass is 248 g/mol. The maximum atomic E-state index is 6.00. The van der Waals surface area contributed by atoms with E-state index in [1.54, 1.807) is 19.2 Å². The van der Waals surface area contributed by atoms with Crippen molar-refractivity contribution in [1.29, 1.82) is 0 Å². The Morgan fingerprint density at radius 3 is 2.40 bits per heavy atom. The quantitative estimate of drug-likeness (QED) is 0.836. The average molecular weight is 249 g/mol. The molecule has 0 bridgehead atoms. The van der Waals surface area contributed by atoms with E-state index in [2.05, 4.69) is 0 Å². The van der Waals surface area contributed by atoms with E-state index in [0.29, 0.717) is 15.8 Å². The molecule has 84 valence electrons. The lowest BCUT2D eigenvalue weighted by Gasteiger charge is -2.22. The van der Waals surface area contributed by atoms with Gasteiger partial charge in [-0.2, -0.15) is 0 Å². The summed E-state index contributed by atoms with van der Waals surface area (Å²) < 4.78 is 5.21. The van der Waals surface area contributed by atoms with Crippen LogP contribution >= 0.6 is 23.2 Å². The summed E-state index contributed by atoms with van der Waals surface area (Å²) in [5.41, 5.74) is 6.76. The maximum absolute atomic E-state index is 6.00. The Labute approximate surface area is 99.7 Å². The number of nitrogens with zero attached hydrogens (tertiary/aromatic N) is 1. The molecule has 1 atom stereocenters. The predicted octanol–water partition coefficient (Wildman–Crippen LogP) is 2.52. The van der Waals surface area contributed by atoms with Crippen molar-refractivity contribution >= 4 is 23.2 Å². The van der Waals surface area contributed by atoms with Crippen molar-refractivity contribution in [3.05, 3.63) is 27.7 Å². The molecule has 1 aromatic carbocycles. The van der Waals surface area contributed by atoms with Gasteiger partial charge in [-0.1, -0.05) is 23.2 Å². The first-order chi connectivity index (χ1) is 6.97. The molecule has 1 rings (SSSR count). The molecule has 0 fully saturated rings. The smallest absolute Gasteiger partial charge is 0.143 e. The van der Waals surface area contributed by atoms with Crippen molar-refractivity contribution in [2.24, 2.45) is 5.73 Å². The van der Waals surface area contributed by atoms with Crippen LogP contribution in [-0.4, -0.2) is 26.1 Å². The van der Waals surface area contributed by atoms with Crippen LogP contribution in [0.25, 0.3) is 0 Å². The van der Waals surface area contributed by atoms with E-state index in [9.17, 15) is 0 Å². The van der Waals surface area contributed by atoms with Gasteiger partial charge in [0, 0.05) is 10.6 Å². The van der Waals surface area contributed by atoms with Crippen LogP contribution in [-0.2, 0) is 0 Å². The average Bonchev–Trinajstić information content (AvgIpc) is 2.15. The van der Waals surface area contributed by atoms with Gasteiger partial charge in [0.25, 0.3) is 0 Å². The molecule has 0 radical (unpaired) electrons. The van der Waals surface area contributed by atoms with Crippen LogP contribution < -0.4 is 10.5 Å². The van der Waals surface area contributed by atoms with Gasteiger partial charge in [-0.25, -0.2) is 0 Å². The van der Waals surface area contributed by atoms with Crippen molar-refractivity contribution in [3.63, 3.8) is 0 Å². The summed E-state index contributed by atoms with van der Waals surface area (Å²) in [6.45, 7) is 0. The number of hydrogen-bond acceptors (Lipinski definition) is 3. The van der Waals surface area contributed by atoms with Crippen molar-refractivity contribution in [1.82, 2.24) is 4.90 Å². The Hall–Kier alpha value is -0.480. The zero-order valence-electron chi connectivity index (χ0n) is 8.92. The molecule has 0 saturated heterocycles. The molecule has 0 spiro atoms. The van der Waals surface area contributed by atoms with Crippen molar-refractivity contribution in [3.8, 4) is 5.75 Å². The first-order valence-corrected chi connectivity index (χ1v) is 5.18. The fourth-order valence-corrected chi connectivity index (χ4v) is 1.88. The lowest BCUT2D eigenvalue weighted by atomic mass is 10.1. The lowest BCUT2D eigenvalue weighted by molar-refractivity contribution is 0.296. The molecule has 1 aromatic rings. The van der Waals surface area contributed by atoms with Crippen LogP contribution in [0.5, 0.6) is 5.75 Å². The highest BCUT2D eigenvalue weighted by molar-refractivity contribution is 6.35. The molecule has 0 saturated carbocycles. The molecule has 0 heterocycles. The second-order valence-electron chi connectivity index (χ2n) is 3.42. The van der Waals surface area contributed by atoms with Crippen molar-refractivity contribution < 1.29 is 4.74 Å². The number of rotatable bonds is 3. The maximum Gasteiger partial charge on any atom is 0.143 e. The van der Waals surface area contributed by atoms with Crippen molar-refractivity contribution in [2.75, 3.05) is 21.2 Å². The van der Waals surface area contributed by atoms with Crippen molar-refractivity contribution in [2.45, 2.75) is 6.17 Å². The molecule has 0 aliphatic rings. The molecule has 1 unspecified atom stereocenters. The molecule has 3 nitrogen and oxygen atoms in total. The number of benzene rings is 1. The van der Waals surface area contributed by atoms with Gasteiger partial charge in [0.2, 0.25) is 0 Å². The second kappa shape index (κ2) is 5.03. The molecule has 0 aliphatic heterocycles. The van der Waals surface area contributed by atoms with Gasteiger partial charge in [-0.3, -0.25) is 4.90 Å². The summed E-state index contributed by atoms with van der Waals surface area (Å²) in [7, 11) is 5.30. The molecule has 0 aromatic heterocycles. The van der Waals surface area contributed by atoms with Gasteiger partial charge in [-0.15, -0.1) is 0 Å². The standard InChI is InChI=1S/C10H14Cl2N2O/c1-14(2)10(13)7-4-6(11)5-8(12)9(7)15-3/h4-5,10H,13H2,1-3H3. The fraction of sp³-hybridized carbons (Fsp3) is 0.400. The van der Waals surface area contributed by atoms with Crippen LogP contribution in [0.15, 0.2) is 12.1 Å². The molecule has 0 amide bonds. The van der Waals surface area contributed by atoms with E-state index in [0.717, 1.165) is 5.56 Å². The SMILES string of the molecule is COc1c(Cl)cc(Cl)cc1C(N)N(C)C. The lowest BCUT2D eigenvalue weighted by Crippen LogP contribution is -2.28. The van der Waals surface area contributed by atoms with Crippen LogP contribution in [0.1, 0.15) is 11.7 Å². The minimum absolute atomic E-state index is 0.295. The van der Waals surface area contributed by atoms with E-state index in [4.69, 9.17) is 33.7 Å². The first-order valence-electron chi connectivity index (χ1n) is 4.42. The predicted molar refractivity (Wildman–Crippen MR) is 63.6 cm³/mol. The van der Waals surface area contributed by atoms with Gasteiger partial charge in [0.1, 0.15) is 5.75 Å². The normalized spacial score (nSPS) is 13.0. The Balaban J connectivity index is 3.26. The van der Waals surface area contributed by atoms with Gasteiger partial charge >= 0.3 is 0 Å². The number of hydrogen-bond donors (Lipinski definition) is 1. The van der Waals surface area contributed by atoms with E-state index in [1.807, 2.05) is 19.0 Å². The molecule has 2 N–H and O–H groups in total. The molecule has 15 heavy (non-hydrogen) atoms. The number of halogens is 2. The number of nitrogens with two attached hydrogens (primary N) is 1. The molecule has 0 aliphatic carbocycles. The Kier molecular flexibility index (Phi) is 4.22. The summed E-state index contributed by atoms with van der Waals surface area (Å²) >= 11 is 11.9.